The molecule has 0 radical (unpaired) electrons. The Morgan fingerprint density at radius 1 is 1.33 bits per heavy atom. The second kappa shape index (κ2) is 7.93. The van der Waals surface area contributed by atoms with Gasteiger partial charge < -0.3 is 15.0 Å². The van der Waals surface area contributed by atoms with E-state index < -0.39 is 17.5 Å². The zero-order valence-electron chi connectivity index (χ0n) is 12.9. The van der Waals surface area contributed by atoms with E-state index in [9.17, 15) is 13.6 Å². The van der Waals surface area contributed by atoms with Crippen molar-refractivity contribution in [2.75, 3.05) is 32.1 Å². The highest BCUT2D eigenvalue weighted by molar-refractivity contribution is 5.94. The first kappa shape index (κ1) is 17.4. The molecule has 1 aromatic rings. The first-order valence-electron chi connectivity index (χ1n) is 6.99. The zero-order chi connectivity index (χ0) is 16.0. The molecule has 118 valence electrons. The van der Waals surface area contributed by atoms with E-state index in [1.165, 1.54) is 4.90 Å². The van der Waals surface area contributed by atoms with Gasteiger partial charge in [-0.25, -0.2) is 8.78 Å². The molecule has 1 N–H and O–H groups in total. The number of carbonyl (C=O) groups is 1. The van der Waals surface area contributed by atoms with Gasteiger partial charge in [-0.05, 0) is 32.9 Å². The molecule has 0 fully saturated rings. The summed E-state index contributed by atoms with van der Waals surface area (Å²) in [6.45, 7) is 6.56. The van der Waals surface area contributed by atoms with Crippen LogP contribution in [0.15, 0.2) is 12.1 Å². The quantitative estimate of drug-likeness (QED) is 0.842. The molecule has 0 aliphatic heterocycles. The Balaban J connectivity index is 3.06. The van der Waals surface area contributed by atoms with Crippen LogP contribution in [0.25, 0.3) is 0 Å². The first-order valence-corrected chi connectivity index (χ1v) is 6.99. The summed E-state index contributed by atoms with van der Waals surface area (Å²) in [5, 5.41) is 2.60. The number of nitrogens with one attached hydrogen (secondary N) is 1. The molecule has 0 bridgehead atoms. The van der Waals surface area contributed by atoms with Crippen molar-refractivity contribution in [3.63, 3.8) is 0 Å². The molecule has 0 saturated heterocycles. The fraction of sp³-hybridized carbons (Fsp3) is 0.533. The van der Waals surface area contributed by atoms with Gasteiger partial charge >= 0.3 is 0 Å². The van der Waals surface area contributed by atoms with Gasteiger partial charge in [-0.15, -0.1) is 0 Å². The molecular weight excluding hydrogens is 278 g/mol. The number of methoxy groups -OCH3 is 1. The molecule has 0 aromatic heterocycles. The lowest BCUT2D eigenvalue weighted by atomic mass is 10.1. The smallest absolute Gasteiger partial charge is 0.254 e. The Labute approximate surface area is 124 Å². The van der Waals surface area contributed by atoms with Gasteiger partial charge in [0.2, 0.25) is 0 Å². The minimum absolute atomic E-state index is 0.00328. The number of nitrogens with zero attached hydrogens (tertiary/aromatic N) is 1. The van der Waals surface area contributed by atoms with E-state index in [-0.39, 0.29) is 17.3 Å². The standard InChI is InChI=1S/C15H22F2N2O2/c1-5-18-14-12(16)7-11(8-13(14)17)15(20)19(6-2)10(3)9-21-4/h7-8,10,18H,5-6,9H2,1-4H3. The van der Waals surface area contributed by atoms with E-state index in [2.05, 4.69) is 5.32 Å². The number of carbonyl (C=O) groups excluding carboxylic acids is 1. The van der Waals surface area contributed by atoms with Crippen molar-refractivity contribution >= 4 is 11.6 Å². The van der Waals surface area contributed by atoms with Crippen LogP contribution in [0.4, 0.5) is 14.5 Å². The van der Waals surface area contributed by atoms with Crippen molar-refractivity contribution < 1.29 is 18.3 Å². The highest BCUT2D eigenvalue weighted by atomic mass is 19.1. The van der Waals surface area contributed by atoms with Gasteiger partial charge in [-0.2, -0.15) is 0 Å². The van der Waals surface area contributed by atoms with Gasteiger partial charge in [-0.1, -0.05) is 0 Å². The molecule has 6 heteroatoms. The predicted molar refractivity (Wildman–Crippen MR) is 78.6 cm³/mol. The molecule has 0 aliphatic carbocycles. The fourth-order valence-electron chi connectivity index (χ4n) is 2.19. The summed E-state index contributed by atoms with van der Waals surface area (Å²) in [7, 11) is 1.54. The highest BCUT2D eigenvalue weighted by Crippen LogP contribution is 2.22. The Bertz CT molecular complexity index is 472. The van der Waals surface area contributed by atoms with Crippen LogP contribution in [0.5, 0.6) is 0 Å². The number of likely N-dealkylation sites (N-methyl/N-ethyl adjacent to an activating group) is 1. The molecule has 1 unspecified atom stereocenters. The normalized spacial score (nSPS) is 12.1. The Morgan fingerprint density at radius 2 is 1.90 bits per heavy atom. The molecule has 4 nitrogen and oxygen atoms in total. The number of ether oxygens (including phenoxy) is 1. The van der Waals surface area contributed by atoms with E-state index in [0.717, 1.165) is 12.1 Å². The summed E-state index contributed by atoms with van der Waals surface area (Å²) in [6.07, 6.45) is 0. The number of benzene rings is 1. The van der Waals surface area contributed by atoms with Crippen LogP contribution in [0.3, 0.4) is 0 Å². The van der Waals surface area contributed by atoms with E-state index >= 15 is 0 Å². The van der Waals surface area contributed by atoms with Gasteiger partial charge in [0.1, 0.15) is 17.3 Å². The molecule has 1 amide bonds. The number of rotatable bonds is 7. The van der Waals surface area contributed by atoms with E-state index in [1.807, 2.05) is 13.8 Å². The van der Waals surface area contributed by atoms with E-state index in [4.69, 9.17) is 4.74 Å². The topological polar surface area (TPSA) is 41.6 Å². The van der Waals surface area contributed by atoms with Crippen molar-refractivity contribution in [2.45, 2.75) is 26.8 Å². The number of hydrogen-bond acceptors (Lipinski definition) is 3. The molecule has 21 heavy (non-hydrogen) atoms. The van der Waals surface area contributed by atoms with E-state index in [0.29, 0.717) is 19.7 Å². The maximum Gasteiger partial charge on any atom is 0.254 e. The minimum Gasteiger partial charge on any atom is -0.383 e. The van der Waals surface area contributed by atoms with Crippen LogP contribution in [0.1, 0.15) is 31.1 Å². The Kier molecular flexibility index (Phi) is 6.55. The molecule has 0 aliphatic rings. The summed E-state index contributed by atoms with van der Waals surface area (Å²) in [5.41, 5.74) is -0.210. The number of halogens is 2. The summed E-state index contributed by atoms with van der Waals surface area (Å²) < 4.78 is 32.8. The van der Waals surface area contributed by atoms with Crippen molar-refractivity contribution in [1.29, 1.82) is 0 Å². The van der Waals surface area contributed by atoms with Gasteiger partial charge in [-0.3, -0.25) is 4.79 Å². The largest absolute Gasteiger partial charge is 0.383 e. The van der Waals surface area contributed by atoms with Gasteiger partial charge in [0.25, 0.3) is 5.91 Å². The van der Waals surface area contributed by atoms with Gasteiger partial charge in [0, 0.05) is 25.8 Å². The summed E-state index contributed by atoms with van der Waals surface area (Å²) in [4.78, 5) is 13.9. The van der Waals surface area contributed by atoms with Crippen molar-refractivity contribution in [2.24, 2.45) is 0 Å². The maximum atomic E-state index is 13.9. The summed E-state index contributed by atoms with van der Waals surface area (Å²) >= 11 is 0. The number of amides is 1. The molecule has 0 heterocycles. The summed E-state index contributed by atoms with van der Waals surface area (Å²) in [6, 6.07) is 1.95. The van der Waals surface area contributed by atoms with Crippen LogP contribution in [-0.4, -0.2) is 43.7 Å². The van der Waals surface area contributed by atoms with Gasteiger partial charge in [0.05, 0.1) is 12.6 Å². The lowest BCUT2D eigenvalue weighted by molar-refractivity contribution is 0.0578. The van der Waals surface area contributed by atoms with Crippen LogP contribution in [0, 0.1) is 11.6 Å². The third-order valence-electron chi connectivity index (χ3n) is 3.18. The van der Waals surface area contributed by atoms with Crippen LogP contribution >= 0.6 is 0 Å². The molecule has 0 saturated carbocycles. The monoisotopic (exact) mass is 300 g/mol. The SMILES string of the molecule is CCNc1c(F)cc(C(=O)N(CC)C(C)COC)cc1F. The van der Waals surface area contributed by atoms with Crippen molar-refractivity contribution in [1.82, 2.24) is 4.90 Å². The van der Waals surface area contributed by atoms with Crippen molar-refractivity contribution in [3.8, 4) is 0 Å². The molecule has 1 aromatic carbocycles. The first-order chi connectivity index (χ1) is 9.96. The average Bonchev–Trinajstić information content (AvgIpc) is 2.43. The molecule has 0 spiro atoms. The highest BCUT2D eigenvalue weighted by Gasteiger charge is 2.22. The van der Waals surface area contributed by atoms with Crippen LogP contribution in [0.2, 0.25) is 0 Å². The molecular formula is C15H22F2N2O2. The Morgan fingerprint density at radius 3 is 2.33 bits per heavy atom. The zero-order valence-corrected chi connectivity index (χ0v) is 12.9. The van der Waals surface area contributed by atoms with Crippen molar-refractivity contribution in [3.05, 3.63) is 29.3 Å². The summed E-state index contributed by atoms with van der Waals surface area (Å²) in [5.74, 6) is -1.95. The van der Waals surface area contributed by atoms with E-state index in [1.54, 1.807) is 14.0 Å². The third-order valence-corrected chi connectivity index (χ3v) is 3.18. The fourth-order valence-corrected chi connectivity index (χ4v) is 2.19. The predicted octanol–water partition coefficient (Wildman–Crippen LogP) is 2.89. The minimum atomic E-state index is -0.768. The third kappa shape index (κ3) is 4.14. The van der Waals surface area contributed by atoms with Crippen LogP contribution < -0.4 is 5.32 Å². The Hall–Kier alpha value is -1.69. The second-order valence-corrected chi connectivity index (χ2v) is 4.74. The van der Waals surface area contributed by atoms with Gasteiger partial charge in [0.15, 0.2) is 0 Å². The average molecular weight is 300 g/mol. The number of anilines is 1. The lowest BCUT2D eigenvalue weighted by Crippen LogP contribution is -2.41. The number of hydrogen-bond donors (Lipinski definition) is 1. The molecule has 1 atom stereocenters. The van der Waals surface area contributed by atoms with Crippen LogP contribution in [-0.2, 0) is 4.74 Å². The maximum absolute atomic E-state index is 13.9. The molecule has 1 rings (SSSR count). The second-order valence-electron chi connectivity index (χ2n) is 4.74. The lowest BCUT2D eigenvalue weighted by Gasteiger charge is -2.27.